The maximum Gasteiger partial charge on any atom is 0.126 e. The van der Waals surface area contributed by atoms with Crippen LogP contribution in [0.15, 0.2) is 18.3 Å². The molecule has 1 rings (SSSR count). The highest BCUT2D eigenvalue weighted by Gasteiger charge is 2.13. The molecule has 0 saturated heterocycles. The maximum atomic E-state index is 5.68. The normalized spacial score (nSPS) is 13.5. The van der Waals surface area contributed by atoms with Crippen LogP contribution in [0.5, 0.6) is 0 Å². The predicted molar refractivity (Wildman–Crippen MR) is 76.0 cm³/mol. The summed E-state index contributed by atoms with van der Waals surface area (Å²) in [6.07, 6.45) is 4.07. The Kier molecular flexibility index (Phi) is 5.26. The highest BCUT2D eigenvalue weighted by atomic mass is 35.5. The van der Waals surface area contributed by atoms with Crippen LogP contribution in [-0.4, -0.2) is 16.9 Å². The third-order valence-electron chi connectivity index (χ3n) is 2.79. The molecule has 1 N–H and O–H groups in total. The van der Waals surface area contributed by atoms with Crippen molar-refractivity contribution < 1.29 is 0 Å². The maximum absolute atomic E-state index is 5.68. The van der Waals surface area contributed by atoms with E-state index in [4.69, 9.17) is 11.6 Å². The number of halogens is 1. The Morgan fingerprint density at radius 3 is 2.53 bits per heavy atom. The number of alkyl halides is 1. The minimum absolute atomic E-state index is 0.162. The molecule has 1 unspecified atom stereocenters. The minimum Gasteiger partial charge on any atom is -0.368 e. The van der Waals surface area contributed by atoms with Gasteiger partial charge >= 0.3 is 0 Å². The van der Waals surface area contributed by atoms with Gasteiger partial charge in [0, 0.05) is 18.1 Å². The lowest BCUT2D eigenvalue weighted by Gasteiger charge is -2.19. The molecule has 0 amide bonds. The molecule has 0 saturated carbocycles. The summed E-state index contributed by atoms with van der Waals surface area (Å²) in [5.41, 5.74) is 1.42. The van der Waals surface area contributed by atoms with Gasteiger partial charge in [-0.2, -0.15) is 0 Å². The van der Waals surface area contributed by atoms with Crippen LogP contribution in [0.3, 0.4) is 0 Å². The summed E-state index contributed by atoms with van der Waals surface area (Å²) < 4.78 is 0. The summed E-state index contributed by atoms with van der Waals surface area (Å²) >= 11 is 5.68. The van der Waals surface area contributed by atoms with E-state index in [1.54, 1.807) is 0 Å². The van der Waals surface area contributed by atoms with Crippen molar-refractivity contribution in [3.05, 3.63) is 23.9 Å². The van der Waals surface area contributed by atoms with Gasteiger partial charge in [0.2, 0.25) is 0 Å². The highest BCUT2D eigenvalue weighted by Crippen LogP contribution is 2.22. The molecule has 1 aromatic rings. The van der Waals surface area contributed by atoms with Crippen LogP contribution in [-0.2, 0) is 5.41 Å². The molecular formula is C14H23ClN2. The second kappa shape index (κ2) is 6.25. The lowest BCUT2D eigenvalue weighted by molar-refractivity contribution is 0.587. The van der Waals surface area contributed by atoms with Crippen molar-refractivity contribution in [1.82, 2.24) is 4.98 Å². The number of rotatable bonds is 5. The number of anilines is 1. The van der Waals surface area contributed by atoms with Gasteiger partial charge in [-0.15, -0.1) is 11.6 Å². The molecule has 0 fully saturated rings. The predicted octanol–water partition coefficient (Wildman–Crippen LogP) is 4.20. The minimum atomic E-state index is 0.162. The van der Waals surface area contributed by atoms with Crippen molar-refractivity contribution in [3.63, 3.8) is 0 Å². The molecule has 0 aliphatic carbocycles. The molecule has 2 nitrogen and oxygen atoms in total. The molecule has 0 aliphatic heterocycles. The van der Waals surface area contributed by atoms with Crippen LogP contribution >= 0.6 is 11.6 Å². The van der Waals surface area contributed by atoms with E-state index in [1.165, 1.54) is 5.56 Å². The first-order valence-electron chi connectivity index (χ1n) is 6.22. The lowest BCUT2D eigenvalue weighted by Crippen LogP contribution is -2.17. The van der Waals surface area contributed by atoms with Crippen molar-refractivity contribution in [2.24, 2.45) is 0 Å². The Morgan fingerprint density at radius 2 is 2.06 bits per heavy atom. The zero-order chi connectivity index (χ0) is 12.9. The largest absolute Gasteiger partial charge is 0.368 e. The van der Waals surface area contributed by atoms with Crippen LogP contribution in [0.2, 0.25) is 0 Å². The van der Waals surface area contributed by atoms with Crippen LogP contribution in [0.25, 0.3) is 0 Å². The average molecular weight is 255 g/mol. The summed E-state index contributed by atoms with van der Waals surface area (Å²) in [5, 5.41) is 3.39. The molecule has 0 aliphatic rings. The Balaban J connectivity index is 2.56. The van der Waals surface area contributed by atoms with Crippen molar-refractivity contribution in [3.8, 4) is 0 Å². The Hall–Kier alpha value is -0.760. The number of nitrogens with one attached hydrogen (secondary N) is 1. The fourth-order valence-corrected chi connectivity index (χ4v) is 1.79. The average Bonchev–Trinajstić information content (AvgIpc) is 2.26. The summed E-state index contributed by atoms with van der Waals surface area (Å²) in [4.78, 5) is 4.45. The smallest absolute Gasteiger partial charge is 0.126 e. The zero-order valence-electron chi connectivity index (χ0n) is 11.3. The third-order valence-corrected chi connectivity index (χ3v) is 3.06. The molecule has 0 bridgehead atoms. The second-order valence-corrected chi connectivity index (χ2v) is 5.94. The third kappa shape index (κ3) is 4.95. The van der Waals surface area contributed by atoms with Crippen molar-refractivity contribution in [1.29, 1.82) is 0 Å². The van der Waals surface area contributed by atoms with Crippen LogP contribution in [0, 0.1) is 0 Å². The zero-order valence-corrected chi connectivity index (χ0v) is 12.0. The molecule has 1 aromatic heterocycles. The molecule has 96 valence electrons. The molecule has 17 heavy (non-hydrogen) atoms. The van der Waals surface area contributed by atoms with Gasteiger partial charge in [-0.05, 0) is 36.8 Å². The van der Waals surface area contributed by atoms with Crippen molar-refractivity contribution in [2.75, 3.05) is 11.2 Å². The van der Waals surface area contributed by atoms with E-state index in [0.29, 0.717) is 6.04 Å². The molecule has 3 heteroatoms. The number of pyridine rings is 1. The Bertz CT molecular complexity index is 327. The van der Waals surface area contributed by atoms with Crippen LogP contribution in [0.4, 0.5) is 5.82 Å². The van der Waals surface area contributed by atoms with E-state index < -0.39 is 0 Å². The van der Waals surface area contributed by atoms with Crippen molar-refractivity contribution in [2.45, 2.75) is 52.0 Å². The van der Waals surface area contributed by atoms with Gasteiger partial charge in [-0.3, -0.25) is 0 Å². The first-order chi connectivity index (χ1) is 7.93. The van der Waals surface area contributed by atoms with E-state index in [1.807, 2.05) is 6.20 Å². The lowest BCUT2D eigenvalue weighted by atomic mass is 9.88. The van der Waals surface area contributed by atoms with Gasteiger partial charge in [0.25, 0.3) is 0 Å². The summed E-state index contributed by atoms with van der Waals surface area (Å²) in [6.45, 7) is 8.74. The number of aromatic nitrogens is 1. The number of nitrogens with zero attached hydrogens (tertiary/aromatic N) is 1. The molecular weight excluding hydrogens is 232 g/mol. The monoisotopic (exact) mass is 254 g/mol. The van der Waals surface area contributed by atoms with Crippen LogP contribution in [0.1, 0.15) is 46.1 Å². The van der Waals surface area contributed by atoms with E-state index in [9.17, 15) is 0 Å². The van der Waals surface area contributed by atoms with E-state index >= 15 is 0 Å². The number of hydrogen-bond acceptors (Lipinski definition) is 2. The molecule has 0 radical (unpaired) electrons. The summed E-state index contributed by atoms with van der Waals surface area (Å²) in [7, 11) is 0. The quantitative estimate of drug-likeness (QED) is 0.797. The highest BCUT2D eigenvalue weighted by molar-refractivity contribution is 6.17. The van der Waals surface area contributed by atoms with Gasteiger partial charge < -0.3 is 5.32 Å². The second-order valence-electron chi connectivity index (χ2n) is 5.56. The molecule has 0 spiro atoms. The standard InChI is InChI=1S/C14H23ClN2/c1-11(6-5-9-15)17-13-8-7-12(10-16-13)14(2,3)4/h7-8,10-11H,5-6,9H2,1-4H3,(H,16,17). The van der Waals surface area contributed by atoms with E-state index in [0.717, 1.165) is 24.5 Å². The van der Waals surface area contributed by atoms with Gasteiger partial charge in [0.05, 0.1) is 0 Å². The Labute approximate surface area is 110 Å². The van der Waals surface area contributed by atoms with Gasteiger partial charge in [0.15, 0.2) is 0 Å². The first kappa shape index (κ1) is 14.3. The fraction of sp³-hybridized carbons (Fsp3) is 0.643. The molecule has 0 aromatic carbocycles. The van der Waals surface area contributed by atoms with Crippen LogP contribution < -0.4 is 5.32 Å². The molecule has 1 heterocycles. The first-order valence-corrected chi connectivity index (χ1v) is 6.76. The molecule has 1 atom stereocenters. The van der Waals surface area contributed by atoms with Gasteiger partial charge in [0.1, 0.15) is 5.82 Å². The van der Waals surface area contributed by atoms with Crippen molar-refractivity contribution >= 4 is 17.4 Å². The fourth-order valence-electron chi connectivity index (χ4n) is 1.63. The summed E-state index contributed by atoms with van der Waals surface area (Å²) in [5.74, 6) is 1.67. The van der Waals surface area contributed by atoms with Gasteiger partial charge in [-0.25, -0.2) is 4.98 Å². The topological polar surface area (TPSA) is 24.9 Å². The van der Waals surface area contributed by atoms with E-state index in [-0.39, 0.29) is 5.41 Å². The SMILES string of the molecule is CC(CCCCl)Nc1ccc(C(C)(C)C)cn1. The Morgan fingerprint density at radius 1 is 1.35 bits per heavy atom. The number of hydrogen-bond donors (Lipinski definition) is 1. The van der Waals surface area contributed by atoms with Gasteiger partial charge in [-0.1, -0.05) is 26.8 Å². The summed E-state index contributed by atoms with van der Waals surface area (Å²) in [6, 6.07) is 4.61. The van der Waals surface area contributed by atoms with E-state index in [2.05, 4.69) is 50.1 Å².